The lowest BCUT2D eigenvalue weighted by molar-refractivity contribution is 0.0113. The van der Waals surface area contributed by atoms with Gasteiger partial charge in [-0.15, -0.1) is 0 Å². The van der Waals surface area contributed by atoms with Crippen molar-refractivity contribution >= 4 is 31.6 Å². The molecule has 1 amide bonds. The molecule has 0 N–H and O–H groups in total. The Balaban J connectivity index is 1.55. The number of nitrogens with zero attached hydrogens (tertiary/aromatic N) is 4. The molecule has 0 unspecified atom stereocenters. The van der Waals surface area contributed by atoms with Crippen LogP contribution in [0.25, 0.3) is 5.52 Å². The molecule has 0 bridgehead atoms. The molecule has 1 saturated heterocycles. The SMILES string of the molecule is COC(=O)c1ccc(N2CCC(N(C(=O)OC(C)(C)C)C3CC3)CC2)c2cc(CO[Si](C)(C)C(C)(C)C)nn12. The summed E-state index contributed by atoms with van der Waals surface area (Å²) in [6.45, 7) is 18.8. The van der Waals surface area contributed by atoms with Crippen LogP contribution in [0, 0.1) is 0 Å². The highest BCUT2D eigenvalue weighted by Crippen LogP contribution is 2.38. The van der Waals surface area contributed by atoms with Crippen molar-refractivity contribution in [1.82, 2.24) is 14.5 Å². The third-order valence-corrected chi connectivity index (χ3v) is 12.7. The van der Waals surface area contributed by atoms with Gasteiger partial charge in [-0.3, -0.25) is 0 Å². The van der Waals surface area contributed by atoms with Crippen molar-refractivity contribution in [2.45, 2.75) is 110 Å². The van der Waals surface area contributed by atoms with Gasteiger partial charge in [0, 0.05) is 25.2 Å². The van der Waals surface area contributed by atoms with Crippen molar-refractivity contribution in [3.8, 4) is 0 Å². The van der Waals surface area contributed by atoms with E-state index in [1.54, 1.807) is 10.6 Å². The second kappa shape index (κ2) is 10.8. The van der Waals surface area contributed by atoms with Gasteiger partial charge in [0.1, 0.15) is 5.60 Å². The Morgan fingerprint density at radius 1 is 1.03 bits per heavy atom. The highest BCUT2D eigenvalue weighted by atomic mass is 28.4. The van der Waals surface area contributed by atoms with Crippen molar-refractivity contribution in [3.63, 3.8) is 0 Å². The molecule has 0 atom stereocenters. The summed E-state index contributed by atoms with van der Waals surface area (Å²) in [6.07, 6.45) is 3.61. The number of amides is 1. The van der Waals surface area contributed by atoms with Crippen LogP contribution in [0.5, 0.6) is 0 Å². The minimum absolute atomic E-state index is 0.0898. The van der Waals surface area contributed by atoms with Crippen LogP contribution in [-0.2, 0) is 20.5 Å². The number of piperidine rings is 1. The van der Waals surface area contributed by atoms with E-state index in [4.69, 9.17) is 19.0 Å². The van der Waals surface area contributed by atoms with Crippen molar-refractivity contribution in [2.24, 2.45) is 0 Å². The molecular weight excluding hydrogens is 512 g/mol. The number of esters is 1. The summed E-state index contributed by atoms with van der Waals surface area (Å²) in [5.74, 6) is -0.428. The van der Waals surface area contributed by atoms with E-state index in [1.807, 2.05) is 37.8 Å². The third-order valence-electron chi connectivity index (χ3n) is 8.17. The third kappa shape index (κ3) is 6.59. The fraction of sp³-hybridized carbons (Fsp3) is 0.690. The highest BCUT2D eigenvalue weighted by Gasteiger charge is 2.41. The van der Waals surface area contributed by atoms with E-state index < -0.39 is 19.9 Å². The van der Waals surface area contributed by atoms with Crippen molar-refractivity contribution in [2.75, 3.05) is 25.1 Å². The molecule has 2 aromatic rings. The monoisotopic (exact) mass is 558 g/mol. The number of pyridine rings is 1. The summed E-state index contributed by atoms with van der Waals surface area (Å²) < 4.78 is 18.9. The first-order chi connectivity index (χ1) is 18.1. The topological polar surface area (TPSA) is 85.6 Å². The van der Waals surface area contributed by atoms with Gasteiger partial charge in [-0.25, -0.2) is 14.1 Å². The van der Waals surface area contributed by atoms with Crippen molar-refractivity contribution < 1.29 is 23.5 Å². The van der Waals surface area contributed by atoms with Crippen molar-refractivity contribution in [1.29, 1.82) is 0 Å². The van der Waals surface area contributed by atoms with E-state index in [-0.39, 0.29) is 17.2 Å². The molecule has 1 aliphatic heterocycles. The van der Waals surface area contributed by atoms with Gasteiger partial charge in [0.15, 0.2) is 14.0 Å². The Labute approximate surface area is 233 Å². The summed E-state index contributed by atoms with van der Waals surface area (Å²) in [6, 6.07) is 6.24. The molecule has 216 valence electrons. The zero-order chi connectivity index (χ0) is 28.8. The molecule has 1 saturated carbocycles. The first-order valence-electron chi connectivity index (χ1n) is 14.1. The lowest BCUT2D eigenvalue weighted by Crippen LogP contribution is -2.50. The van der Waals surface area contributed by atoms with Crippen LogP contribution >= 0.6 is 0 Å². The molecule has 10 heteroatoms. The Kier molecular flexibility index (Phi) is 8.11. The van der Waals surface area contributed by atoms with Crippen LogP contribution in [0.15, 0.2) is 18.2 Å². The molecule has 2 aromatic heterocycles. The maximum atomic E-state index is 13.0. The molecule has 3 heterocycles. The molecule has 0 radical (unpaired) electrons. The maximum absolute atomic E-state index is 13.0. The second-order valence-corrected chi connectivity index (χ2v) is 18.2. The molecule has 0 aromatic carbocycles. The Hall–Kier alpha value is -2.59. The van der Waals surface area contributed by atoms with E-state index in [2.05, 4.69) is 38.8 Å². The van der Waals surface area contributed by atoms with Gasteiger partial charge in [-0.05, 0) is 82.8 Å². The molecule has 2 fully saturated rings. The number of methoxy groups -OCH3 is 1. The average Bonchev–Trinajstić information content (AvgIpc) is 3.57. The molecule has 9 nitrogen and oxygen atoms in total. The number of carbonyl (C=O) groups excluding carboxylic acids is 2. The Morgan fingerprint density at radius 3 is 2.18 bits per heavy atom. The molecule has 4 rings (SSSR count). The number of hydrogen-bond acceptors (Lipinski definition) is 7. The first kappa shape index (κ1) is 29.4. The zero-order valence-corrected chi connectivity index (χ0v) is 26.2. The normalized spacial score (nSPS) is 17.4. The van der Waals surface area contributed by atoms with E-state index in [1.165, 1.54) is 7.11 Å². The smallest absolute Gasteiger partial charge is 0.410 e. The van der Waals surface area contributed by atoms with Gasteiger partial charge in [0.25, 0.3) is 0 Å². The number of anilines is 1. The number of aromatic nitrogens is 2. The van der Waals surface area contributed by atoms with E-state index >= 15 is 0 Å². The van der Waals surface area contributed by atoms with Crippen LogP contribution in [0.1, 0.15) is 83.4 Å². The van der Waals surface area contributed by atoms with E-state index in [9.17, 15) is 9.59 Å². The number of rotatable bonds is 7. The molecule has 0 spiro atoms. The summed E-state index contributed by atoms with van der Waals surface area (Å²) in [7, 11) is -0.583. The minimum Gasteiger partial charge on any atom is -0.464 e. The van der Waals surface area contributed by atoms with Gasteiger partial charge in [0.2, 0.25) is 0 Å². The zero-order valence-electron chi connectivity index (χ0n) is 25.2. The average molecular weight is 559 g/mol. The molecule has 2 aliphatic rings. The van der Waals surface area contributed by atoms with Gasteiger partial charge < -0.3 is 23.7 Å². The van der Waals surface area contributed by atoms with Crippen LogP contribution in [0.3, 0.4) is 0 Å². The summed E-state index contributed by atoms with van der Waals surface area (Å²) >= 11 is 0. The molecule has 1 aliphatic carbocycles. The lowest BCUT2D eigenvalue weighted by atomic mass is 10.0. The largest absolute Gasteiger partial charge is 0.464 e. The fourth-order valence-corrected chi connectivity index (χ4v) is 5.77. The van der Waals surface area contributed by atoms with E-state index in [0.29, 0.717) is 18.3 Å². The number of ether oxygens (including phenoxy) is 2. The van der Waals surface area contributed by atoms with Gasteiger partial charge >= 0.3 is 12.1 Å². The minimum atomic E-state index is -1.97. The predicted molar refractivity (Wildman–Crippen MR) is 155 cm³/mol. The standard InChI is InChI=1S/C29H46N4O5Si/c1-28(2,3)38-27(35)32(21-10-11-21)22-14-16-31(17-15-22)23-12-13-24(26(34)36-7)33-25(23)18-20(30-33)19-37-39(8,9)29(4,5)6/h12-13,18,21-22H,10-11,14-17,19H2,1-9H3. The maximum Gasteiger partial charge on any atom is 0.410 e. The Bertz CT molecular complexity index is 1200. The van der Waals surface area contributed by atoms with Crippen LogP contribution in [0.2, 0.25) is 18.1 Å². The number of hydrogen-bond donors (Lipinski definition) is 0. The van der Waals surface area contributed by atoms with Gasteiger partial charge in [-0.1, -0.05) is 20.8 Å². The van der Waals surface area contributed by atoms with E-state index in [0.717, 1.165) is 55.7 Å². The predicted octanol–water partition coefficient (Wildman–Crippen LogP) is 6.01. The number of fused-ring (bicyclic) bond motifs is 1. The molecular formula is C29H46N4O5Si. The fourth-order valence-electron chi connectivity index (χ4n) is 4.83. The van der Waals surface area contributed by atoms with Crippen molar-refractivity contribution in [3.05, 3.63) is 29.6 Å². The first-order valence-corrected chi connectivity index (χ1v) is 17.0. The number of carbonyl (C=O) groups is 2. The van der Waals surface area contributed by atoms with Gasteiger partial charge in [0.05, 0.1) is 30.6 Å². The van der Waals surface area contributed by atoms with Crippen LogP contribution in [0.4, 0.5) is 10.5 Å². The summed E-state index contributed by atoms with van der Waals surface area (Å²) in [5, 5.41) is 4.86. The van der Waals surface area contributed by atoms with Crippen LogP contribution < -0.4 is 4.90 Å². The molecule has 39 heavy (non-hydrogen) atoms. The second-order valence-electron chi connectivity index (χ2n) is 13.4. The van der Waals surface area contributed by atoms with Crippen LogP contribution in [-0.4, -0.2) is 72.8 Å². The highest BCUT2D eigenvalue weighted by molar-refractivity contribution is 6.74. The lowest BCUT2D eigenvalue weighted by Gasteiger charge is -2.40. The van der Waals surface area contributed by atoms with Gasteiger partial charge in [-0.2, -0.15) is 5.10 Å². The summed E-state index contributed by atoms with van der Waals surface area (Å²) in [5.41, 5.74) is 2.54. The quantitative estimate of drug-likeness (QED) is 0.304. The Morgan fingerprint density at radius 2 is 1.64 bits per heavy atom. The summed E-state index contributed by atoms with van der Waals surface area (Å²) in [4.78, 5) is 29.9.